The van der Waals surface area contributed by atoms with Gasteiger partial charge in [-0.1, -0.05) is 41.6 Å². The fourth-order valence-corrected chi connectivity index (χ4v) is 3.04. The molecule has 0 radical (unpaired) electrons. The molecule has 1 heterocycles. The summed E-state index contributed by atoms with van der Waals surface area (Å²) in [7, 11) is 0. The minimum atomic E-state index is -0.373. The standard InChI is InChI=1S/C14H17BrN2O/c15-10-5-6-12-11(9-10)17-13(18-12)14(16)7-3-1-2-4-8-14/h5-6,9H,1-4,7-8,16H2. The van der Waals surface area contributed by atoms with Crippen molar-refractivity contribution in [3.8, 4) is 0 Å². The smallest absolute Gasteiger partial charge is 0.215 e. The molecule has 96 valence electrons. The second-order valence-corrected chi connectivity index (χ2v) is 6.12. The molecule has 1 saturated carbocycles. The van der Waals surface area contributed by atoms with Crippen LogP contribution >= 0.6 is 15.9 Å². The van der Waals surface area contributed by atoms with E-state index >= 15 is 0 Å². The van der Waals surface area contributed by atoms with E-state index in [0.717, 1.165) is 28.4 Å². The van der Waals surface area contributed by atoms with E-state index in [1.165, 1.54) is 25.7 Å². The van der Waals surface area contributed by atoms with Crippen molar-refractivity contribution in [2.75, 3.05) is 0 Å². The normalized spacial score (nSPS) is 19.9. The maximum atomic E-state index is 6.51. The molecule has 0 atom stereocenters. The molecule has 0 unspecified atom stereocenters. The van der Waals surface area contributed by atoms with Gasteiger partial charge in [-0.2, -0.15) is 0 Å². The molecule has 1 aliphatic carbocycles. The van der Waals surface area contributed by atoms with Crippen molar-refractivity contribution in [3.63, 3.8) is 0 Å². The van der Waals surface area contributed by atoms with Crippen molar-refractivity contribution in [1.29, 1.82) is 0 Å². The minimum Gasteiger partial charge on any atom is -0.439 e. The summed E-state index contributed by atoms with van der Waals surface area (Å²) in [5.74, 6) is 0.706. The molecule has 0 aliphatic heterocycles. The highest BCUT2D eigenvalue weighted by Crippen LogP contribution is 2.35. The summed E-state index contributed by atoms with van der Waals surface area (Å²) in [6.45, 7) is 0. The van der Waals surface area contributed by atoms with Gasteiger partial charge in [0.15, 0.2) is 5.58 Å². The van der Waals surface area contributed by atoms with Gasteiger partial charge in [0.25, 0.3) is 0 Å². The Balaban J connectivity index is 2.02. The van der Waals surface area contributed by atoms with Crippen molar-refractivity contribution in [3.05, 3.63) is 28.6 Å². The average Bonchev–Trinajstić information content (AvgIpc) is 2.65. The lowest BCUT2D eigenvalue weighted by atomic mass is 9.91. The largest absolute Gasteiger partial charge is 0.439 e. The van der Waals surface area contributed by atoms with Gasteiger partial charge in [-0.15, -0.1) is 0 Å². The van der Waals surface area contributed by atoms with Crippen LogP contribution in [0.5, 0.6) is 0 Å². The summed E-state index contributed by atoms with van der Waals surface area (Å²) in [6.07, 6.45) is 6.81. The Morgan fingerprint density at radius 1 is 1.17 bits per heavy atom. The van der Waals surface area contributed by atoms with Crippen molar-refractivity contribution in [1.82, 2.24) is 4.98 Å². The van der Waals surface area contributed by atoms with E-state index in [9.17, 15) is 0 Å². The molecular formula is C14H17BrN2O. The van der Waals surface area contributed by atoms with Gasteiger partial charge in [-0.25, -0.2) is 4.98 Å². The zero-order chi connectivity index (χ0) is 12.6. The monoisotopic (exact) mass is 308 g/mol. The lowest BCUT2D eigenvalue weighted by Gasteiger charge is -2.23. The number of oxazole rings is 1. The van der Waals surface area contributed by atoms with E-state index in [4.69, 9.17) is 10.2 Å². The van der Waals surface area contributed by atoms with E-state index in [0.29, 0.717) is 5.89 Å². The number of nitrogens with two attached hydrogens (primary N) is 1. The molecule has 0 amide bonds. The zero-order valence-corrected chi connectivity index (χ0v) is 11.9. The van der Waals surface area contributed by atoms with Gasteiger partial charge in [0.05, 0.1) is 5.54 Å². The van der Waals surface area contributed by atoms with Crippen LogP contribution in [0.3, 0.4) is 0 Å². The van der Waals surface area contributed by atoms with Crippen LogP contribution in [-0.4, -0.2) is 4.98 Å². The Bertz CT molecular complexity index is 556. The van der Waals surface area contributed by atoms with Crippen LogP contribution in [0.25, 0.3) is 11.1 Å². The van der Waals surface area contributed by atoms with Gasteiger partial charge in [-0.05, 0) is 31.0 Å². The van der Waals surface area contributed by atoms with Crippen LogP contribution in [0.15, 0.2) is 27.1 Å². The zero-order valence-electron chi connectivity index (χ0n) is 10.3. The highest BCUT2D eigenvalue weighted by Gasteiger charge is 2.33. The molecule has 18 heavy (non-hydrogen) atoms. The highest BCUT2D eigenvalue weighted by molar-refractivity contribution is 9.10. The lowest BCUT2D eigenvalue weighted by molar-refractivity contribution is 0.301. The molecular weight excluding hydrogens is 292 g/mol. The summed E-state index contributed by atoms with van der Waals surface area (Å²) in [6, 6.07) is 5.88. The van der Waals surface area contributed by atoms with Crippen LogP contribution in [0.4, 0.5) is 0 Å². The Morgan fingerprint density at radius 3 is 2.61 bits per heavy atom. The number of halogens is 1. The third-order valence-electron chi connectivity index (χ3n) is 3.77. The summed E-state index contributed by atoms with van der Waals surface area (Å²) in [5.41, 5.74) is 7.85. The molecule has 0 spiro atoms. The predicted octanol–water partition coefficient (Wildman–Crippen LogP) is 4.10. The Labute approximate surface area is 115 Å². The van der Waals surface area contributed by atoms with Gasteiger partial charge in [0.2, 0.25) is 5.89 Å². The molecule has 0 saturated heterocycles. The molecule has 2 aromatic rings. The molecule has 0 bridgehead atoms. The van der Waals surface area contributed by atoms with Crippen LogP contribution < -0.4 is 5.73 Å². The second kappa shape index (κ2) is 4.67. The van der Waals surface area contributed by atoms with Crippen molar-refractivity contribution >= 4 is 27.0 Å². The van der Waals surface area contributed by atoms with E-state index in [1.54, 1.807) is 0 Å². The van der Waals surface area contributed by atoms with E-state index in [-0.39, 0.29) is 5.54 Å². The quantitative estimate of drug-likeness (QED) is 0.807. The van der Waals surface area contributed by atoms with Gasteiger partial charge in [0, 0.05) is 4.47 Å². The Morgan fingerprint density at radius 2 is 1.89 bits per heavy atom. The van der Waals surface area contributed by atoms with Crippen LogP contribution in [-0.2, 0) is 5.54 Å². The molecule has 3 rings (SSSR count). The first-order chi connectivity index (χ1) is 8.67. The first-order valence-corrected chi connectivity index (χ1v) is 7.32. The highest BCUT2D eigenvalue weighted by atomic mass is 79.9. The van der Waals surface area contributed by atoms with Crippen molar-refractivity contribution < 1.29 is 4.42 Å². The average molecular weight is 309 g/mol. The number of hydrogen-bond donors (Lipinski definition) is 1. The number of nitrogens with zero attached hydrogens (tertiary/aromatic N) is 1. The molecule has 2 N–H and O–H groups in total. The maximum absolute atomic E-state index is 6.51. The van der Waals surface area contributed by atoms with Crippen molar-refractivity contribution in [2.45, 2.75) is 44.1 Å². The summed E-state index contributed by atoms with van der Waals surface area (Å²) in [5, 5.41) is 0. The number of rotatable bonds is 1. The number of aromatic nitrogens is 1. The topological polar surface area (TPSA) is 52.0 Å². The fraction of sp³-hybridized carbons (Fsp3) is 0.500. The fourth-order valence-electron chi connectivity index (χ4n) is 2.69. The van der Waals surface area contributed by atoms with E-state index in [1.807, 2.05) is 18.2 Å². The second-order valence-electron chi connectivity index (χ2n) is 5.20. The number of fused-ring (bicyclic) bond motifs is 1. The molecule has 3 nitrogen and oxygen atoms in total. The predicted molar refractivity (Wildman–Crippen MR) is 75.3 cm³/mol. The van der Waals surface area contributed by atoms with Gasteiger partial charge < -0.3 is 10.2 Å². The molecule has 1 aromatic carbocycles. The molecule has 4 heteroatoms. The van der Waals surface area contributed by atoms with Crippen LogP contribution in [0.2, 0.25) is 0 Å². The molecule has 1 aromatic heterocycles. The van der Waals surface area contributed by atoms with Crippen molar-refractivity contribution in [2.24, 2.45) is 5.73 Å². The number of benzene rings is 1. The molecule has 1 fully saturated rings. The van der Waals surface area contributed by atoms with E-state index in [2.05, 4.69) is 20.9 Å². The Kier molecular flexibility index (Phi) is 3.16. The molecule has 1 aliphatic rings. The van der Waals surface area contributed by atoms with Crippen LogP contribution in [0, 0.1) is 0 Å². The third-order valence-corrected chi connectivity index (χ3v) is 4.26. The summed E-state index contributed by atoms with van der Waals surface area (Å²) < 4.78 is 6.88. The maximum Gasteiger partial charge on any atom is 0.215 e. The van der Waals surface area contributed by atoms with Gasteiger partial charge in [0.1, 0.15) is 5.52 Å². The van der Waals surface area contributed by atoms with Gasteiger partial charge in [-0.3, -0.25) is 0 Å². The SMILES string of the molecule is NC1(c2nc3cc(Br)ccc3o2)CCCCCC1. The third kappa shape index (κ3) is 2.19. The first kappa shape index (κ1) is 12.2. The first-order valence-electron chi connectivity index (χ1n) is 6.53. The summed E-state index contributed by atoms with van der Waals surface area (Å²) >= 11 is 3.45. The van der Waals surface area contributed by atoms with Gasteiger partial charge >= 0.3 is 0 Å². The minimum absolute atomic E-state index is 0.373. The van der Waals surface area contributed by atoms with Crippen LogP contribution in [0.1, 0.15) is 44.4 Å². The number of hydrogen-bond acceptors (Lipinski definition) is 3. The Hall–Kier alpha value is -0.870. The lowest BCUT2D eigenvalue weighted by Crippen LogP contribution is -2.36. The van der Waals surface area contributed by atoms with E-state index < -0.39 is 0 Å². The summed E-state index contributed by atoms with van der Waals surface area (Å²) in [4.78, 5) is 4.59.